The standard InChI is InChI=1S/C10H9BF4N3O/c1-18-10(16-6-17-18)5-19-7-2-3-8(9(12)4-7)11(13,14)15/h2-4,6H,5H2,1H3/q-1. The second kappa shape index (κ2) is 4.91. The summed E-state index contributed by atoms with van der Waals surface area (Å²) < 4.78 is 57.1. The molecule has 0 spiro atoms. The molecule has 19 heavy (non-hydrogen) atoms. The third-order valence-electron chi connectivity index (χ3n) is 2.50. The zero-order chi connectivity index (χ0) is 14.0. The van der Waals surface area contributed by atoms with Crippen LogP contribution in [0.2, 0.25) is 0 Å². The molecule has 0 unspecified atom stereocenters. The maximum Gasteiger partial charge on any atom is 0.512 e. The predicted molar refractivity (Wildman–Crippen MR) is 60.4 cm³/mol. The van der Waals surface area contributed by atoms with E-state index in [1.807, 2.05) is 0 Å². The van der Waals surface area contributed by atoms with Gasteiger partial charge in [-0.25, -0.2) is 9.37 Å². The first-order valence-corrected chi connectivity index (χ1v) is 5.33. The van der Waals surface area contributed by atoms with Crippen LogP contribution < -0.4 is 10.2 Å². The van der Waals surface area contributed by atoms with Gasteiger partial charge in [0.15, 0.2) is 5.82 Å². The summed E-state index contributed by atoms with van der Waals surface area (Å²) in [5, 5.41) is 3.80. The average Bonchev–Trinajstić information content (AvgIpc) is 2.70. The lowest BCUT2D eigenvalue weighted by atomic mass is 9.80. The van der Waals surface area contributed by atoms with Crippen molar-refractivity contribution in [2.45, 2.75) is 6.61 Å². The van der Waals surface area contributed by atoms with Gasteiger partial charge >= 0.3 is 6.98 Å². The zero-order valence-electron chi connectivity index (χ0n) is 9.86. The number of ether oxygens (including phenoxy) is 1. The van der Waals surface area contributed by atoms with E-state index in [9.17, 15) is 17.3 Å². The summed E-state index contributed by atoms with van der Waals surface area (Å²) in [7, 11) is 1.64. The Morgan fingerprint density at radius 3 is 2.58 bits per heavy atom. The fourth-order valence-electron chi connectivity index (χ4n) is 1.46. The van der Waals surface area contributed by atoms with E-state index in [-0.39, 0.29) is 12.4 Å². The highest BCUT2D eigenvalue weighted by Crippen LogP contribution is 2.17. The van der Waals surface area contributed by atoms with Crippen molar-refractivity contribution in [3.63, 3.8) is 0 Å². The van der Waals surface area contributed by atoms with E-state index in [1.54, 1.807) is 7.05 Å². The van der Waals surface area contributed by atoms with E-state index in [0.717, 1.165) is 6.07 Å². The molecule has 1 aromatic carbocycles. The normalized spacial score (nSPS) is 11.6. The van der Waals surface area contributed by atoms with Crippen LogP contribution in [0.15, 0.2) is 24.5 Å². The zero-order valence-corrected chi connectivity index (χ0v) is 9.86. The molecule has 0 radical (unpaired) electrons. The Morgan fingerprint density at radius 1 is 1.32 bits per heavy atom. The highest BCUT2D eigenvalue weighted by molar-refractivity contribution is 6.73. The molecule has 1 heterocycles. The van der Waals surface area contributed by atoms with Crippen molar-refractivity contribution in [3.8, 4) is 5.75 Å². The average molecular weight is 274 g/mol. The van der Waals surface area contributed by atoms with Gasteiger partial charge in [0.05, 0.1) is 5.82 Å². The molecule has 0 atom stereocenters. The first kappa shape index (κ1) is 13.4. The smallest absolute Gasteiger partial charge is 0.486 e. The van der Waals surface area contributed by atoms with E-state index in [4.69, 9.17) is 4.74 Å². The number of hydrogen-bond donors (Lipinski definition) is 0. The minimum absolute atomic E-state index is 0.00398. The lowest BCUT2D eigenvalue weighted by Crippen LogP contribution is -2.36. The van der Waals surface area contributed by atoms with Crippen LogP contribution in [0.25, 0.3) is 0 Å². The molecule has 0 aliphatic carbocycles. The summed E-state index contributed by atoms with van der Waals surface area (Å²) >= 11 is 0. The molecule has 0 aliphatic heterocycles. The fraction of sp³-hybridized carbons (Fsp3) is 0.200. The van der Waals surface area contributed by atoms with Gasteiger partial charge in [-0.3, -0.25) is 4.68 Å². The molecule has 0 fully saturated rings. The molecule has 0 aliphatic rings. The van der Waals surface area contributed by atoms with Crippen molar-refractivity contribution in [1.29, 1.82) is 0 Å². The van der Waals surface area contributed by atoms with E-state index in [1.165, 1.54) is 11.0 Å². The highest BCUT2D eigenvalue weighted by Gasteiger charge is 2.28. The number of benzene rings is 1. The van der Waals surface area contributed by atoms with Crippen LogP contribution >= 0.6 is 0 Å². The van der Waals surface area contributed by atoms with Gasteiger partial charge in [-0.05, 0) is 6.07 Å². The molecule has 2 aromatic rings. The maximum atomic E-state index is 13.3. The van der Waals surface area contributed by atoms with Gasteiger partial charge in [-0.15, -0.1) is 0 Å². The minimum atomic E-state index is -5.36. The van der Waals surface area contributed by atoms with Crippen LogP contribution in [-0.4, -0.2) is 21.7 Å². The lowest BCUT2D eigenvalue weighted by Gasteiger charge is -2.16. The quantitative estimate of drug-likeness (QED) is 0.627. The molecule has 0 bridgehead atoms. The summed E-state index contributed by atoms with van der Waals surface area (Å²) in [6.45, 7) is -5.37. The number of rotatable bonds is 4. The van der Waals surface area contributed by atoms with Gasteiger partial charge < -0.3 is 17.7 Å². The van der Waals surface area contributed by atoms with Gasteiger partial charge in [-0.2, -0.15) is 5.10 Å². The molecule has 1 aromatic heterocycles. The summed E-state index contributed by atoms with van der Waals surface area (Å²) in [5.41, 5.74) is -1.26. The van der Waals surface area contributed by atoms with Crippen LogP contribution in [0.1, 0.15) is 5.82 Å². The molecule has 2 rings (SSSR count). The van der Waals surface area contributed by atoms with Crippen LogP contribution in [-0.2, 0) is 13.7 Å². The molecule has 0 N–H and O–H groups in total. The highest BCUT2D eigenvalue weighted by atomic mass is 19.4. The van der Waals surface area contributed by atoms with Gasteiger partial charge in [0.1, 0.15) is 18.7 Å². The third kappa shape index (κ3) is 3.04. The number of nitrogens with zero attached hydrogens (tertiary/aromatic N) is 3. The monoisotopic (exact) mass is 274 g/mol. The maximum absolute atomic E-state index is 13.3. The Balaban J connectivity index is 2.11. The second-order valence-electron chi connectivity index (χ2n) is 3.85. The van der Waals surface area contributed by atoms with E-state index in [2.05, 4.69) is 10.1 Å². The molecule has 0 amide bonds. The van der Waals surface area contributed by atoms with Crippen LogP contribution in [0, 0.1) is 5.82 Å². The van der Waals surface area contributed by atoms with E-state index < -0.39 is 18.3 Å². The molecular formula is C10H9BF4N3O-. The molecule has 9 heteroatoms. The van der Waals surface area contributed by atoms with Gasteiger partial charge in [0.2, 0.25) is 0 Å². The third-order valence-corrected chi connectivity index (χ3v) is 2.50. The number of hydrogen-bond acceptors (Lipinski definition) is 3. The van der Waals surface area contributed by atoms with Crippen molar-refractivity contribution in [1.82, 2.24) is 14.8 Å². The Labute approximate surface area is 106 Å². The second-order valence-corrected chi connectivity index (χ2v) is 3.85. The van der Waals surface area contributed by atoms with Crippen molar-refractivity contribution in [3.05, 3.63) is 36.2 Å². The lowest BCUT2D eigenvalue weighted by molar-refractivity contribution is 0.288. The minimum Gasteiger partial charge on any atom is -0.486 e. The number of aromatic nitrogens is 3. The summed E-state index contributed by atoms with van der Waals surface area (Å²) in [6, 6.07) is 2.45. The largest absolute Gasteiger partial charge is 0.512 e. The van der Waals surface area contributed by atoms with Crippen molar-refractivity contribution in [2.24, 2.45) is 7.05 Å². The molecule has 102 valence electrons. The van der Waals surface area contributed by atoms with Crippen molar-refractivity contribution < 1.29 is 22.1 Å². The van der Waals surface area contributed by atoms with Crippen molar-refractivity contribution in [2.75, 3.05) is 0 Å². The van der Waals surface area contributed by atoms with E-state index in [0.29, 0.717) is 18.0 Å². The predicted octanol–water partition coefficient (Wildman–Crippen LogP) is 1.59. The van der Waals surface area contributed by atoms with Gasteiger partial charge in [0, 0.05) is 13.1 Å². The first-order chi connectivity index (χ1) is 8.88. The molecule has 0 saturated carbocycles. The Kier molecular flexibility index (Phi) is 3.45. The molecule has 4 nitrogen and oxygen atoms in total. The van der Waals surface area contributed by atoms with Gasteiger partial charge in [-0.1, -0.05) is 11.5 Å². The topological polar surface area (TPSA) is 39.9 Å². The summed E-state index contributed by atoms with van der Waals surface area (Å²) in [6.07, 6.45) is 1.31. The number of halogens is 4. The van der Waals surface area contributed by atoms with Crippen molar-refractivity contribution >= 4 is 12.4 Å². The van der Waals surface area contributed by atoms with Gasteiger partial charge in [0.25, 0.3) is 0 Å². The SMILES string of the molecule is Cn1ncnc1COc1ccc([B-](F)(F)F)c(F)c1. The van der Waals surface area contributed by atoms with Crippen LogP contribution in [0.4, 0.5) is 17.3 Å². The Morgan fingerprint density at radius 2 is 2.05 bits per heavy atom. The molecular weight excluding hydrogens is 265 g/mol. The Hall–Kier alpha value is -2.06. The van der Waals surface area contributed by atoms with Crippen LogP contribution in [0.3, 0.4) is 0 Å². The summed E-state index contributed by atoms with van der Waals surface area (Å²) in [5.74, 6) is -0.864. The molecule has 0 saturated heterocycles. The Bertz CT molecular complexity index is 584. The van der Waals surface area contributed by atoms with Crippen LogP contribution in [0.5, 0.6) is 5.75 Å². The van der Waals surface area contributed by atoms with E-state index >= 15 is 0 Å². The number of aryl methyl sites for hydroxylation is 1. The fourth-order valence-corrected chi connectivity index (χ4v) is 1.46. The first-order valence-electron chi connectivity index (χ1n) is 5.33. The summed E-state index contributed by atoms with van der Waals surface area (Å²) in [4.78, 5) is 3.87.